The monoisotopic (exact) mass is 374 g/mol. The number of urea groups is 1. The number of likely N-dealkylation sites (tertiary alicyclic amines) is 1. The minimum Gasteiger partial charge on any atom is -0.317 e. The molecular weight excluding hydrogens is 348 g/mol. The highest BCUT2D eigenvalue weighted by molar-refractivity contribution is 6.00. The first-order chi connectivity index (χ1) is 13.6. The molecule has 2 heterocycles. The number of benzene rings is 2. The summed E-state index contributed by atoms with van der Waals surface area (Å²) in [5, 5.41) is 4.06. The largest absolute Gasteiger partial charge is 0.322 e. The number of carbonyl (C=O) groups is 1. The molecule has 4 rings (SSSR count). The van der Waals surface area contributed by atoms with Gasteiger partial charge in [-0.1, -0.05) is 30.3 Å². The molecule has 0 aliphatic carbocycles. The zero-order valence-corrected chi connectivity index (χ0v) is 16.4. The molecule has 0 saturated carbocycles. The molecule has 3 aromatic rings. The molecule has 0 bridgehead atoms. The fourth-order valence-electron chi connectivity index (χ4n) is 3.97. The van der Waals surface area contributed by atoms with E-state index >= 15 is 0 Å². The van der Waals surface area contributed by atoms with Crippen LogP contribution in [0.1, 0.15) is 30.0 Å². The second-order valence-electron chi connectivity index (χ2n) is 7.64. The van der Waals surface area contributed by atoms with Gasteiger partial charge < -0.3 is 15.1 Å². The van der Waals surface area contributed by atoms with Crippen LogP contribution in [-0.2, 0) is 6.54 Å². The topological polar surface area (TPSA) is 48.5 Å². The lowest BCUT2D eigenvalue weighted by molar-refractivity contribution is 0.207. The van der Waals surface area contributed by atoms with Gasteiger partial charge >= 0.3 is 6.03 Å². The zero-order valence-electron chi connectivity index (χ0n) is 16.4. The van der Waals surface area contributed by atoms with Gasteiger partial charge in [-0.15, -0.1) is 0 Å². The van der Waals surface area contributed by atoms with Crippen LogP contribution in [0.2, 0.25) is 0 Å². The van der Waals surface area contributed by atoms with Crippen LogP contribution < -0.4 is 5.32 Å². The predicted octanol–water partition coefficient (Wildman–Crippen LogP) is 4.67. The summed E-state index contributed by atoms with van der Waals surface area (Å²) in [4.78, 5) is 21.5. The Bertz CT molecular complexity index is 963. The molecule has 1 aromatic heterocycles. The van der Waals surface area contributed by atoms with Crippen molar-refractivity contribution in [3.63, 3.8) is 0 Å². The fourth-order valence-corrected chi connectivity index (χ4v) is 3.97. The van der Waals surface area contributed by atoms with Gasteiger partial charge in [0.05, 0.1) is 17.2 Å². The number of amides is 2. The van der Waals surface area contributed by atoms with Crippen LogP contribution in [0.15, 0.2) is 60.8 Å². The van der Waals surface area contributed by atoms with E-state index in [1.807, 2.05) is 35.2 Å². The Morgan fingerprint density at radius 3 is 2.75 bits per heavy atom. The van der Waals surface area contributed by atoms with Gasteiger partial charge in [-0.2, -0.15) is 0 Å². The van der Waals surface area contributed by atoms with Crippen LogP contribution >= 0.6 is 0 Å². The second kappa shape index (κ2) is 7.98. The molecule has 1 N–H and O–H groups in total. The summed E-state index contributed by atoms with van der Waals surface area (Å²) in [6, 6.07) is 18.4. The van der Waals surface area contributed by atoms with Gasteiger partial charge in [-0.25, -0.2) is 4.79 Å². The summed E-state index contributed by atoms with van der Waals surface area (Å²) < 4.78 is 0. The molecule has 1 atom stereocenters. The van der Waals surface area contributed by atoms with Gasteiger partial charge in [-0.05, 0) is 62.3 Å². The SMILES string of the molecule is CN(C)Cc1ccc(C2CCCN2C(=O)Nc2cccc3ncccc23)cc1. The highest BCUT2D eigenvalue weighted by atomic mass is 16.2. The third-order valence-electron chi connectivity index (χ3n) is 5.26. The van der Waals surface area contributed by atoms with Crippen LogP contribution in [0, 0.1) is 0 Å². The van der Waals surface area contributed by atoms with Gasteiger partial charge in [-0.3, -0.25) is 4.98 Å². The number of nitrogens with one attached hydrogen (secondary N) is 1. The average molecular weight is 374 g/mol. The van der Waals surface area contributed by atoms with E-state index in [0.717, 1.165) is 42.5 Å². The number of carbonyl (C=O) groups excluding carboxylic acids is 1. The summed E-state index contributed by atoms with van der Waals surface area (Å²) >= 11 is 0. The summed E-state index contributed by atoms with van der Waals surface area (Å²) in [6.45, 7) is 1.70. The first-order valence-corrected chi connectivity index (χ1v) is 9.77. The smallest absolute Gasteiger partial charge is 0.317 e. The van der Waals surface area contributed by atoms with Crippen molar-refractivity contribution >= 4 is 22.6 Å². The van der Waals surface area contributed by atoms with Crippen molar-refractivity contribution in [2.75, 3.05) is 26.0 Å². The first kappa shape index (κ1) is 18.4. The molecule has 1 unspecified atom stereocenters. The van der Waals surface area contributed by atoms with E-state index in [-0.39, 0.29) is 12.1 Å². The van der Waals surface area contributed by atoms with E-state index in [2.05, 4.69) is 53.6 Å². The Labute approximate surface area is 166 Å². The van der Waals surface area contributed by atoms with Crippen molar-refractivity contribution in [2.45, 2.75) is 25.4 Å². The average Bonchev–Trinajstić information content (AvgIpc) is 3.18. The van der Waals surface area contributed by atoms with Crippen LogP contribution in [0.3, 0.4) is 0 Å². The van der Waals surface area contributed by atoms with Crippen LogP contribution in [-0.4, -0.2) is 41.5 Å². The van der Waals surface area contributed by atoms with Gasteiger partial charge in [0.25, 0.3) is 0 Å². The van der Waals surface area contributed by atoms with E-state index in [4.69, 9.17) is 0 Å². The summed E-state index contributed by atoms with van der Waals surface area (Å²) in [5.41, 5.74) is 4.18. The Balaban J connectivity index is 1.52. The van der Waals surface area contributed by atoms with Crippen molar-refractivity contribution in [2.24, 2.45) is 0 Å². The quantitative estimate of drug-likeness (QED) is 0.722. The lowest BCUT2D eigenvalue weighted by Gasteiger charge is -2.26. The van der Waals surface area contributed by atoms with Crippen molar-refractivity contribution in [3.8, 4) is 0 Å². The molecule has 5 nitrogen and oxygen atoms in total. The molecule has 1 fully saturated rings. The molecule has 144 valence electrons. The number of pyridine rings is 1. The van der Waals surface area contributed by atoms with Gasteiger partial charge in [0.15, 0.2) is 0 Å². The third-order valence-corrected chi connectivity index (χ3v) is 5.26. The van der Waals surface area contributed by atoms with E-state index < -0.39 is 0 Å². The maximum Gasteiger partial charge on any atom is 0.322 e. The van der Waals surface area contributed by atoms with Gasteiger partial charge in [0, 0.05) is 24.7 Å². The van der Waals surface area contributed by atoms with Crippen LogP contribution in [0.25, 0.3) is 10.9 Å². The molecule has 1 saturated heterocycles. The van der Waals surface area contributed by atoms with Crippen LogP contribution in [0.4, 0.5) is 10.5 Å². The normalized spacial score (nSPS) is 16.7. The number of hydrogen-bond donors (Lipinski definition) is 1. The van der Waals surface area contributed by atoms with E-state index in [1.54, 1.807) is 6.20 Å². The maximum atomic E-state index is 13.0. The number of aromatic nitrogens is 1. The fraction of sp³-hybridized carbons (Fsp3) is 0.304. The van der Waals surface area contributed by atoms with E-state index in [0.29, 0.717) is 0 Å². The van der Waals surface area contributed by atoms with Crippen molar-refractivity contribution in [3.05, 3.63) is 71.9 Å². The highest BCUT2D eigenvalue weighted by Gasteiger charge is 2.30. The molecule has 0 spiro atoms. The second-order valence-corrected chi connectivity index (χ2v) is 7.64. The molecule has 0 radical (unpaired) electrons. The number of hydrogen-bond acceptors (Lipinski definition) is 3. The molecule has 1 aliphatic rings. The van der Waals surface area contributed by atoms with Gasteiger partial charge in [0.1, 0.15) is 0 Å². The predicted molar refractivity (Wildman–Crippen MR) is 113 cm³/mol. The molecule has 2 aromatic carbocycles. The van der Waals surface area contributed by atoms with Crippen molar-refractivity contribution in [1.29, 1.82) is 0 Å². The summed E-state index contributed by atoms with van der Waals surface area (Å²) in [6.07, 6.45) is 3.79. The number of fused-ring (bicyclic) bond motifs is 1. The van der Waals surface area contributed by atoms with Crippen molar-refractivity contribution < 1.29 is 4.79 Å². The standard InChI is InChI=1S/C23H26N4O/c1-26(2)16-17-10-12-18(13-11-17)22-9-5-15-27(22)23(28)25-21-8-3-7-20-19(21)6-4-14-24-20/h3-4,6-8,10-14,22H,5,9,15-16H2,1-2H3,(H,25,28). The minimum absolute atomic E-state index is 0.0452. The number of nitrogens with zero attached hydrogens (tertiary/aromatic N) is 3. The lowest BCUT2D eigenvalue weighted by atomic mass is 10.0. The Kier molecular flexibility index (Phi) is 5.26. The molecule has 1 aliphatic heterocycles. The highest BCUT2D eigenvalue weighted by Crippen LogP contribution is 2.33. The summed E-state index contributed by atoms with van der Waals surface area (Å²) in [7, 11) is 4.14. The summed E-state index contributed by atoms with van der Waals surface area (Å²) in [5.74, 6) is 0. The molecule has 2 amide bonds. The maximum absolute atomic E-state index is 13.0. The van der Waals surface area contributed by atoms with Crippen molar-refractivity contribution in [1.82, 2.24) is 14.8 Å². The number of anilines is 1. The van der Waals surface area contributed by atoms with Gasteiger partial charge in [0.2, 0.25) is 0 Å². The Morgan fingerprint density at radius 1 is 1.14 bits per heavy atom. The molecular formula is C23H26N4O. The zero-order chi connectivity index (χ0) is 19.5. The Morgan fingerprint density at radius 2 is 1.96 bits per heavy atom. The molecule has 5 heteroatoms. The first-order valence-electron chi connectivity index (χ1n) is 9.77. The van der Waals surface area contributed by atoms with Crippen LogP contribution in [0.5, 0.6) is 0 Å². The minimum atomic E-state index is -0.0452. The Hall–Kier alpha value is -2.92. The molecule has 28 heavy (non-hydrogen) atoms. The third kappa shape index (κ3) is 3.85. The van der Waals surface area contributed by atoms with E-state index in [9.17, 15) is 4.79 Å². The number of rotatable bonds is 4. The van der Waals surface area contributed by atoms with E-state index in [1.165, 1.54) is 11.1 Å². The lowest BCUT2D eigenvalue weighted by Crippen LogP contribution is -2.34.